The lowest BCUT2D eigenvalue weighted by molar-refractivity contribution is -0.0730. The highest BCUT2D eigenvalue weighted by molar-refractivity contribution is 5.24. The van der Waals surface area contributed by atoms with E-state index in [-0.39, 0.29) is 18.5 Å². The summed E-state index contributed by atoms with van der Waals surface area (Å²) < 4.78 is 19.0. The minimum atomic E-state index is -1.24. The number of hydrogen-bond acceptors (Lipinski definition) is 2. The Morgan fingerprint density at radius 3 is 2.50 bits per heavy atom. The van der Waals surface area contributed by atoms with E-state index in [1.165, 1.54) is 6.07 Å². The van der Waals surface area contributed by atoms with E-state index < -0.39 is 5.60 Å². The van der Waals surface area contributed by atoms with E-state index in [0.29, 0.717) is 12.0 Å². The first kappa shape index (κ1) is 13.1. The molecule has 2 nitrogen and oxygen atoms in total. The molecule has 0 bridgehead atoms. The molecule has 0 amide bonds. The van der Waals surface area contributed by atoms with Gasteiger partial charge < -0.3 is 9.84 Å². The summed E-state index contributed by atoms with van der Waals surface area (Å²) in [6.45, 7) is 5.70. The number of benzene rings is 1. The van der Waals surface area contributed by atoms with Crippen molar-refractivity contribution in [2.24, 2.45) is 0 Å². The molecule has 0 heterocycles. The Labute approximate surface area is 96.1 Å². The van der Waals surface area contributed by atoms with E-state index in [4.69, 9.17) is 4.74 Å². The van der Waals surface area contributed by atoms with E-state index >= 15 is 0 Å². The predicted octanol–water partition coefficient (Wildman–Crippen LogP) is 2.85. The van der Waals surface area contributed by atoms with Crippen LogP contribution in [0.2, 0.25) is 0 Å². The van der Waals surface area contributed by atoms with Gasteiger partial charge in [0.25, 0.3) is 0 Å². The Balaban J connectivity index is 2.91. The van der Waals surface area contributed by atoms with Gasteiger partial charge in [0.1, 0.15) is 11.4 Å². The van der Waals surface area contributed by atoms with Crippen LogP contribution in [-0.4, -0.2) is 17.8 Å². The van der Waals surface area contributed by atoms with Crippen molar-refractivity contribution in [1.29, 1.82) is 0 Å². The van der Waals surface area contributed by atoms with Gasteiger partial charge in [-0.3, -0.25) is 0 Å². The molecule has 0 aliphatic carbocycles. The first-order valence-electron chi connectivity index (χ1n) is 5.58. The maximum atomic E-state index is 13.6. The second-order valence-corrected chi connectivity index (χ2v) is 4.22. The third-order valence-corrected chi connectivity index (χ3v) is 2.62. The molecule has 0 aliphatic rings. The average Bonchev–Trinajstić information content (AvgIpc) is 2.26. The highest BCUT2D eigenvalue weighted by Gasteiger charge is 2.30. The molecular formula is C13H19FO2. The molecule has 0 fully saturated rings. The summed E-state index contributed by atoms with van der Waals surface area (Å²) in [5, 5.41) is 10.4. The zero-order valence-electron chi connectivity index (χ0n) is 10.0. The van der Waals surface area contributed by atoms with Crippen LogP contribution in [0.5, 0.6) is 0 Å². The number of rotatable bonds is 5. The van der Waals surface area contributed by atoms with Crippen LogP contribution in [0.15, 0.2) is 24.3 Å². The molecular weight excluding hydrogens is 207 g/mol. The van der Waals surface area contributed by atoms with Gasteiger partial charge >= 0.3 is 0 Å². The summed E-state index contributed by atoms with van der Waals surface area (Å²) in [7, 11) is 0. The number of aliphatic hydroxyl groups is 1. The summed E-state index contributed by atoms with van der Waals surface area (Å²) in [6.07, 6.45) is 0.436. The SMILES string of the molecule is CCC(O)(COC(C)C)c1ccccc1F. The zero-order valence-corrected chi connectivity index (χ0v) is 10.0. The Kier molecular flexibility index (Phi) is 4.44. The Bertz CT molecular complexity index is 338. The lowest BCUT2D eigenvalue weighted by atomic mass is 9.91. The lowest BCUT2D eigenvalue weighted by Gasteiger charge is -2.28. The van der Waals surface area contributed by atoms with Gasteiger partial charge in [0, 0.05) is 5.56 Å². The van der Waals surface area contributed by atoms with Crippen LogP contribution >= 0.6 is 0 Å². The van der Waals surface area contributed by atoms with Gasteiger partial charge in [-0.2, -0.15) is 0 Å². The van der Waals surface area contributed by atoms with E-state index in [2.05, 4.69) is 0 Å². The molecule has 1 unspecified atom stereocenters. The molecule has 1 atom stereocenters. The second-order valence-electron chi connectivity index (χ2n) is 4.22. The van der Waals surface area contributed by atoms with Gasteiger partial charge in [-0.25, -0.2) is 4.39 Å². The predicted molar refractivity (Wildman–Crippen MR) is 61.7 cm³/mol. The number of ether oxygens (including phenoxy) is 1. The third-order valence-electron chi connectivity index (χ3n) is 2.62. The maximum absolute atomic E-state index is 13.6. The molecule has 1 aromatic carbocycles. The monoisotopic (exact) mass is 226 g/mol. The highest BCUT2D eigenvalue weighted by Crippen LogP contribution is 2.27. The highest BCUT2D eigenvalue weighted by atomic mass is 19.1. The van der Waals surface area contributed by atoms with Crippen LogP contribution in [0.4, 0.5) is 4.39 Å². The fourth-order valence-electron chi connectivity index (χ4n) is 1.51. The van der Waals surface area contributed by atoms with Gasteiger partial charge in [-0.05, 0) is 26.3 Å². The molecule has 90 valence electrons. The van der Waals surface area contributed by atoms with Crippen LogP contribution in [0.25, 0.3) is 0 Å². The Morgan fingerprint density at radius 2 is 2.00 bits per heavy atom. The summed E-state index contributed by atoms with van der Waals surface area (Å²) in [4.78, 5) is 0. The molecule has 0 aliphatic heterocycles. The van der Waals surface area contributed by atoms with Gasteiger partial charge in [-0.1, -0.05) is 25.1 Å². The maximum Gasteiger partial charge on any atom is 0.129 e. The molecule has 3 heteroatoms. The van der Waals surface area contributed by atoms with Crippen molar-refractivity contribution in [3.8, 4) is 0 Å². The van der Waals surface area contributed by atoms with Gasteiger partial charge in [0.15, 0.2) is 0 Å². The minimum Gasteiger partial charge on any atom is -0.383 e. The molecule has 0 saturated heterocycles. The smallest absolute Gasteiger partial charge is 0.129 e. The van der Waals surface area contributed by atoms with Crippen molar-refractivity contribution in [1.82, 2.24) is 0 Å². The fraction of sp³-hybridized carbons (Fsp3) is 0.538. The van der Waals surface area contributed by atoms with Crippen LogP contribution in [0.1, 0.15) is 32.8 Å². The van der Waals surface area contributed by atoms with Crippen molar-refractivity contribution in [2.75, 3.05) is 6.61 Å². The minimum absolute atomic E-state index is 0.0184. The van der Waals surface area contributed by atoms with E-state index in [0.717, 1.165) is 0 Å². The van der Waals surface area contributed by atoms with Crippen molar-refractivity contribution in [3.63, 3.8) is 0 Å². The van der Waals surface area contributed by atoms with Crippen LogP contribution in [0, 0.1) is 5.82 Å². The summed E-state index contributed by atoms with van der Waals surface area (Å²) >= 11 is 0. The molecule has 1 N–H and O–H groups in total. The van der Waals surface area contributed by atoms with Crippen molar-refractivity contribution < 1.29 is 14.2 Å². The lowest BCUT2D eigenvalue weighted by Crippen LogP contribution is -2.33. The zero-order chi connectivity index (χ0) is 12.2. The largest absolute Gasteiger partial charge is 0.383 e. The first-order valence-corrected chi connectivity index (χ1v) is 5.58. The topological polar surface area (TPSA) is 29.5 Å². The van der Waals surface area contributed by atoms with E-state index in [1.807, 2.05) is 20.8 Å². The molecule has 1 rings (SSSR count). The number of hydrogen-bond donors (Lipinski definition) is 1. The summed E-state index contributed by atoms with van der Waals surface area (Å²) in [6, 6.07) is 6.28. The van der Waals surface area contributed by atoms with Crippen molar-refractivity contribution in [3.05, 3.63) is 35.6 Å². The molecule has 0 radical (unpaired) electrons. The summed E-state index contributed by atoms with van der Waals surface area (Å²) in [5.41, 5.74) is -0.937. The normalized spacial score (nSPS) is 15.1. The molecule has 0 spiro atoms. The van der Waals surface area contributed by atoms with E-state index in [9.17, 15) is 9.50 Å². The van der Waals surface area contributed by atoms with Gasteiger partial charge in [0.05, 0.1) is 12.7 Å². The first-order chi connectivity index (χ1) is 7.49. The number of halogens is 1. The summed E-state index contributed by atoms with van der Waals surface area (Å²) in [5.74, 6) is -0.390. The molecule has 0 saturated carbocycles. The van der Waals surface area contributed by atoms with Crippen molar-refractivity contribution >= 4 is 0 Å². The molecule has 0 aromatic heterocycles. The van der Waals surface area contributed by atoms with E-state index in [1.54, 1.807) is 18.2 Å². The second kappa shape index (κ2) is 5.41. The Hall–Kier alpha value is -0.930. The van der Waals surface area contributed by atoms with Crippen LogP contribution in [0.3, 0.4) is 0 Å². The standard InChI is InChI=1S/C13H19FO2/c1-4-13(15,9-16-10(2)3)11-7-5-6-8-12(11)14/h5-8,10,15H,4,9H2,1-3H3. The Morgan fingerprint density at radius 1 is 1.38 bits per heavy atom. The van der Waals surface area contributed by atoms with Crippen LogP contribution < -0.4 is 0 Å². The molecule has 1 aromatic rings. The van der Waals surface area contributed by atoms with Crippen molar-refractivity contribution in [2.45, 2.75) is 38.9 Å². The van der Waals surface area contributed by atoms with Gasteiger partial charge in [-0.15, -0.1) is 0 Å². The van der Waals surface area contributed by atoms with Crippen LogP contribution in [-0.2, 0) is 10.3 Å². The quantitative estimate of drug-likeness (QED) is 0.836. The fourth-order valence-corrected chi connectivity index (χ4v) is 1.51. The molecule has 16 heavy (non-hydrogen) atoms. The van der Waals surface area contributed by atoms with Gasteiger partial charge in [0.2, 0.25) is 0 Å². The third kappa shape index (κ3) is 3.03. The average molecular weight is 226 g/mol.